The maximum absolute atomic E-state index is 14.6. The van der Waals surface area contributed by atoms with Crippen LogP contribution in [0.4, 0.5) is 4.79 Å². The number of rotatable bonds is 11. The van der Waals surface area contributed by atoms with Gasteiger partial charge in [0.15, 0.2) is 0 Å². The van der Waals surface area contributed by atoms with E-state index in [1.54, 1.807) is 18.2 Å². The third-order valence-electron chi connectivity index (χ3n) is 7.93. The highest BCUT2D eigenvalue weighted by Crippen LogP contribution is 2.36. The quantitative estimate of drug-likeness (QED) is 0.216. The molecular formula is C37H45N3O5. The summed E-state index contributed by atoms with van der Waals surface area (Å²) in [6.45, 7) is 9.98. The van der Waals surface area contributed by atoms with E-state index in [1.807, 2.05) is 69.1 Å². The van der Waals surface area contributed by atoms with Crippen LogP contribution >= 0.6 is 0 Å². The minimum Gasteiger partial charge on any atom is -0.493 e. The van der Waals surface area contributed by atoms with Crippen LogP contribution in [0.1, 0.15) is 63.1 Å². The van der Waals surface area contributed by atoms with Crippen molar-refractivity contribution in [2.45, 2.75) is 71.6 Å². The van der Waals surface area contributed by atoms with Crippen LogP contribution < -0.4 is 4.74 Å². The summed E-state index contributed by atoms with van der Waals surface area (Å²) in [6.07, 6.45) is 6.49. The summed E-state index contributed by atoms with van der Waals surface area (Å²) in [7, 11) is 1.69. The van der Waals surface area contributed by atoms with Gasteiger partial charge in [-0.15, -0.1) is 0 Å². The van der Waals surface area contributed by atoms with Crippen molar-refractivity contribution in [2.75, 3.05) is 33.4 Å². The number of hydrogen-bond donors (Lipinski definition) is 0. The van der Waals surface area contributed by atoms with Gasteiger partial charge in [-0.2, -0.15) is 0 Å². The van der Waals surface area contributed by atoms with E-state index >= 15 is 0 Å². The summed E-state index contributed by atoms with van der Waals surface area (Å²) in [6, 6.07) is 18.5. The van der Waals surface area contributed by atoms with Crippen LogP contribution in [0.15, 0.2) is 72.6 Å². The van der Waals surface area contributed by atoms with Gasteiger partial charge in [-0.3, -0.25) is 9.78 Å². The van der Waals surface area contributed by atoms with Crippen molar-refractivity contribution < 1.29 is 23.8 Å². The molecule has 2 aliphatic rings. The Morgan fingerprint density at radius 1 is 1.00 bits per heavy atom. The molecule has 45 heavy (non-hydrogen) atoms. The molecule has 2 heterocycles. The normalized spacial score (nSPS) is 15.2. The van der Waals surface area contributed by atoms with Crippen LogP contribution in [-0.2, 0) is 20.8 Å². The fourth-order valence-electron chi connectivity index (χ4n) is 5.70. The molecule has 8 nitrogen and oxygen atoms in total. The molecule has 1 aliphatic carbocycles. The first-order valence-electron chi connectivity index (χ1n) is 15.9. The minimum absolute atomic E-state index is 0.0309. The average molecular weight is 612 g/mol. The number of ether oxygens (including phenoxy) is 3. The molecule has 0 unspecified atom stereocenters. The summed E-state index contributed by atoms with van der Waals surface area (Å²) < 4.78 is 16.9. The number of carbonyl (C=O) groups excluding carboxylic acids is 2. The number of benzene rings is 2. The van der Waals surface area contributed by atoms with Gasteiger partial charge in [0.2, 0.25) is 0 Å². The molecule has 0 saturated heterocycles. The number of methoxy groups -OCH3 is 1. The minimum atomic E-state index is -0.627. The zero-order valence-corrected chi connectivity index (χ0v) is 27.2. The van der Waals surface area contributed by atoms with E-state index in [-0.39, 0.29) is 18.5 Å². The molecule has 2 amide bonds. The predicted molar refractivity (Wildman–Crippen MR) is 176 cm³/mol. The molecule has 1 fully saturated rings. The van der Waals surface area contributed by atoms with Gasteiger partial charge in [-0.1, -0.05) is 30.3 Å². The Kier molecular flexibility index (Phi) is 10.2. The fourth-order valence-corrected chi connectivity index (χ4v) is 5.70. The SMILES string of the molecule is COCCCOc1cc(C)cc(CN(C(=O)C2=C(c3cccc(-c4cccnc4)c3)CCN(C(=O)OC(C)(C)C)C2)C2CC2)c1. The summed E-state index contributed by atoms with van der Waals surface area (Å²) in [5.41, 5.74) is 6.13. The molecule has 8 heteroatoms. The van der Waals surface area contributed by atoms with Crippen molar-refractivity contribution in [2.24, 2.45) is 0 Å². The van der Waals surface area contributed by atoms with E-state index in [4.69, 9.17) is 14.2 Å². The number of pyridine rings is 1. The highest BCUT2D eigenvalue weighted by atomic mass is 16.6. The van der Waals surface area contributed by atoms with Crippen molar-refractivity contribution in [3.63, 3.8) is 0 Å². The van der Waals surface area contributed by atoms with Gasteiger partial charge < -0.3 is 24.0 Å². The summed E-state index contributed by atoms with van der Waals surface area (Å²) in [4.78, 5) is 35.8. The van der Waals surface area contributed by atoms with Gasteiger partial charge in [-0.05, 0) is 99.0 Å². The number of amides is 2. The van der Waals surface area contributed by atoms with Gasteiger partial charge in [0.05, 0.1) is 13.2 Å². The molecule has 238 valence electrons. The van der Waals surface area contributed by atoms with E-state index in [9.17, 15) is 9.59 Å². The molecule has 0 N–H and O–H groups in total. The number of nitrogens with zero attached hydrogens (tertiary/aromatic N) is 3. The molecule has 1 aliphatic heterocycles. The second-order valence-electron chi connectivity index (χ2n) is 12.9. The zero-order valence-electron chi connectivity index (χ0n) is 27.2. The second kappa shape index (κ2) is 14.3. The predicted octanol–water partition coefficient (Wildman–Crippen LogP) is 7.06. The zero-order chi connectivity index (χ0) is 32.0. The van der Waals surface area contributed by atoms with Crippen molar-refractivity contribution in [1.29, 1.82) is 0 Å². The second-order valence-corrected chi connectivity index (χ2v) is 12.9. The third-order valence-corrected chi connectivity index (χ3v) is 7.93. The Bertz CT molecular complexity index is 1520. The number of aromatic nitrogens is 1. The molecule has 0 atom stereocenters. The van der Waals surface area contributed by atoms with Gasteiger partial charge in [0.25, 0.3) is 5.91 Å². The third kappa shape index (κ3) is 8.72. The van der Waals surface area contributed by atoms with Crippen LogP contribution in [0.2, 0.25) is 0 Å². The Morgan fingerprint density at radius 3 is 2.49 bits per heavy atom. The lowest BCUT2D eigenvalue weighted by Crippen LogP contribution is -2.44. The van der Waals surface area contributed by atoms with Crippen molar-refractivity contribution in [3.8, 4) is 16.9 Å². The molecule has 5 rings (SSSR count). The lowest BCUT2D eigenvalue weighted by molar-refractivity contribution is -0.128. The Balaban J connectivity index is 1.47. The van der Waals surface area contributed by atoms with E-state index in [1.165, 1.54) is 0 Å². The molecular weight excluding hydrogens is 566 g/mol. The van der Waals surface area contributed by atoms with E-state index in [2.05, 4.69) is 29.2 Å². The van der Waals surface area contributed by atoms with Crippen LogP contribution in [0.25, 0.3) is 16.7 Å². The highest BCUT2D eigenvalue weighted by molar-refractivity contribution is 6.03. The molecule has 0 radical (unpaired) electrons. The summed E-state index contributed by atoms with van der Waals surface area (Å²) in [5.74, 6) is 0.766. The summed E-state index contributed by atoms with van der Waals surface area (Å²) >= 11 is 0. The molecule has 0 bridgehead atoms. The monoisotopic (exact) mass is 611 g/mol. The van der Waals surface area contributed by atoms with E-state index in [0.29, 0.717) is 38.3 Å². The average Bonchev–Trinajstić information content (AvgIpc) is 3.86. The van der Waals surface area contributed by atoms with Gasteiger partial charge >= 0.3 is 6.09 Å². The molecule has 2 aromatic carbocycles. The number of hydrogen-bond acceptors (Lipinski definition) is 6. The molecule has 0 spiro atoms. The molecule has 1 aromatic heterocycles. The maximum atomic E-state index is 14.6. The van der Waals surface area contributed by atoms with Crippen LogP contribution in [0.3, 0.4) is 0 Å². The van der Waals surface area contributed by atoms with E-state index < -0.39 is 11.7 Å². The number of aryl methyl sites for hydroxylation is 1. The largest absolute Gasteiger partial charge is 0.493 e. The summed E-state index contributed by atoms with van der Waals surface area (Å²) in [5, 5.41) is 0. The lowest BCUT2D eigenvalue weighted by atomic mass is 9.90. The van der Waals surface area contributed by atoms with Crippen molar-refractivity contribution >= 4 is 17.6 Å². The first-order valence-corrected chi connectivity index (χ1v) is 15.9. The Hall–Kier alpha value is -4.17. The van der Waals surface area contributed by atoms with E-state index in [0.717, 1.165) is 58.4 Å². The first-order chi connectivity index (χ1) is 21.6. The first kappa shape index (κ1) is 32.2. The van der Waals surface area contributed by atoms with Gasteiger partial charge in [0.1, 0.15) is 11.4 Å². The molecule has 1 saturated carbocycles. The topological polar surface area (TPSA) is 81.2 Å². The van der Waals surface area contributed by atoms with Crippen molar-refractivity contribution in [3.05, 3.63) is 89.3 Å². The highest BCUT2D eigenvalue weighted by Gasteiger charge is 2.38. The van der Waals surface area contributed by atoms with Crippen molar-refractivity contribution in [1.82, 2.24) is 14.8 Å². The van der Waals surface area contributed by atoms with Crippen LogP contribution in [0.5, 0.6) is 5.75 Å². The van der Waals surface area contributed by atoms with Crippen LogP contribution in [-0.4, -0.2) is 71.8 Å². The fraction of sp³-hybridized carbons (Fsp3) is 0.432. The number of carbonyl (C=O) groups is 2. The van der Waals surface area contributed by atoms with Gasteiger partial charge in [0, 0.05) is 62.8 Å². The Morgan fingerprint density at radius 2 is 1.78 bits per heavy atom. The van der Waals surface area contributed by atoms with Crippen LogP contribution in [0, 0.1) is 6.92 Å². The maximum Gasteiger partial charge on any atom is 0.410 e. The smallest absolute Gasteiger partial charge is 0.410 e. The lowest BCUT2D eigenvalue weighted by Gasteiger charge is -2.34. The molecule has 3 aromatic rings. The van der Waals surface area contributed by atoms with Gasteiger partial charge in [-0.25, -0.2) is 4.79 Å². The Labute approximate surface area is 267 Å². The standard InChI is InChI=1S/C37H45N3O5/c1-26-19-27(21-32(20-26)44-18-8-17-43-5)24-40(31-12-13-31)35(41)34-25-39(36(42)45-37(2,3)4)16-14-33(34)29-10-6-9-28(22-29)30-11-7-15-38-23-30/h6-7,9-11,15,19-23,31H,8,12-14,16-18,24-25H2,1-5H3.